The molecule has 148 valence electrons. The molecule has 0 aliphatic carbocycles. The fourth-order valence-corrected chi connectivity index (χ4v) is 4.57. The monoisotopic (exact) mass is 375 g/mol. The summed E-state index contributed by atoms with van der Waals surface area (Å²) in [6.07, 6.45) is 6.26. The van der Waals surface area contributed by atoms with Gasteiger partial charge in [0.05, 0.1) is 18.3 Å². The fraction of sp³-hybridized carbons (Fsp3) is 0.667. The van der Waals surface area contributed by atoms with Crippen molar-refractivity contribution in [3.05, 3.63) is 29.5 Å². The first kappa shape index (κ1) is 18.8. The van der Waals surface area contributed by atoms with Crippen LogP contribution in [-0.4, -0.2) is 58.8 Å². The van der Waals surface area contributed by atoms with Gasteiger partial charge in [-0.1, -0.05) is 0 Å². The molecular weight excluding hydrogens is 345 g/mol. The first-order chi connectivity index (χ1) is 13.2. The minimum absolute atomic E-state index is 0.0497. The second-order valence-electron chi connectivity index (χ2n) is 8.03. The zero-order chi connectivity index (χ0) is 18.8. The predicted molar refractivity (Wildman–Crippen MR) is 104 cm³/mol. The van der Waals surface area contributed by atoms with Crippen LogP contribution in [0.1, 0.15) is 55.4 Å². The maximum absolute atomic E-state index is 13.4. The number of aliphatic hydroxyl groups excluding tert-OH is 1. The molecule has 2 saturated heterocycles. The molecule has 2 fully saturated rings. The van der Waals surface area contributed by atoms with Crippen molar-refractivity contribution >= 4 is 10.9 Å². The van der Waals surface area contributed by atoms with Gasteiger partial charge in [-0.15, -0.1) is 0 Å². The van der Waals surface area contributed by atoms with E-state index in [9.17, 15) is 4.39 Å². The van der Waals surface area contributed by atoms with Gasteiger partial charge in [0.15, 0.2) is 6.23 Å². The summed E-state index contributed by atoms with van der Waals surface area (Å²) in [7, 11) is 0. The lowest BCUT2D eigenvalue weighted by atomic mass is 9.86. The standard InChI is InChI=1S/C21H30FN3O2/c1-15-10-17-12-23-25(21-4-2-3-9-27-21)20(17)11-19(15)16-5-7-24(8-6-16)13-18(22)14-26/h10-12,16,18,21,26H,2-9,13-14H2,1H3. The van der Waals surface area contributed by atoms with Crippen molar-refractivity contribution in [2.75, 3.05) is 32.8 Å². The largest absolute Gasteiger partial charge is 0.393 e. The van der Waals surface area contributed by atoms with Gasteiger partial charge in [-0.05, 0) is 81.3 Å². The summed E-state index contributed by atoms with van der Waals surface area (Å²) in [5.41, 5.74) is 3.86. The number of aliphatic hydroxyl groups is 1. The van der Waals surface area contributed by atoms with Crippen molar-refractivity contribution in [1.29, 1.82) is 0 Å². The number of aryl methyl sites for hydroxylation is 1. The number of fused-ring (bicyclic) bond motifs is 1. The number of benzene rings is 1. The molecule has 5 nitrogen and oxygen atoms in total. The molecule has 27 heavy (non-hydrogen) atoms. The van der Waals surface area contributed by atoms with E-state index < -0.39 is 6.17 Å². The topological polar surface area (TPSA) is 50.5 Å². The molecule has 1 aromatic carbocycles. The number of hydrogen-bond donors (Lipinski definition) is 1. The molecule has 0 bridgehead atoms. The Morgan fingerprint density at radius 3 is 2.78 bits per heavy atom. The molecule has 6 heteroatoms. The van der Waals surface area contributed by atoms with Gasteiger partial charge in [0, 0.05) is 18.5 Å². The average Bonchev–Trinajstić information content (AvgIpc) is 3.11. The van der Waals surface area contributed by atoms with Crippen LogP contribution in [0.5, 0.6) is 0 Å². The number of rotatable bonds is 5. The van der Waals surface area contributed by atoms with Crippen molar-refractivity contribution in [2.24, 2.45) is 0 Å². The van der Waals surface area contributed by atoms with E-state index in [0.29, 0.717) is 12.5 Å². The summed E-state index contributed by atoms with van der Waals surface area (Å²) in [6, 6.07) is 4.55. The van der Waals surface area contributed by atoms with E-state index in [1.165, 1.54) is 22.9 Å². The molecule has 0 radical (unpaired) electrons. The Balaban J connectivity index is 1.53. The molecule has 2 aliphatic heterocycles. The quantitative estimate of drug-likeness (QED) is 0.868. The summed E-state index contributed by atoms with van der Waals surface area (Å²) >= 11 is 0. The number of nitrogens with zero attached hydrogens (tertiary/aromatic N) is 3. The maximum atomic E-state index is 13.4. The Morgan fingerprint density at radius 2 is 2.07 bits per heavy atom. The Bertz CT molecular complexity index is 764. The van der Waals surface area contributed by atoms with Crippen LogP contribution >= 0.6 is 0 Å². The third kappa shape index (κ3) is 4.03. The highest BCUT2D eigenvalue weighted by molar-refractivity contribution is 5.80. The number of piperidine rings is 1. The van der Waals surface area contributed by atoms with Crippen LogP contribution in [0.3, 0.4) is 0 Å². The SMILES string of the molecule is Cc1cc2cnn(C3CCCCO3)c2cc1C1CCN(CC(F)CO)CC1. The number of aromatic nitrogens is 2. The van der Waals surface area contributed by atoms with Gasteiger partial charge in [0.1, 0.15) is 6.17 Å². The molecule has 2 aromatic rings. The van der Waals surface area contributed by atoms with Gasteiger partial charge < -0.3 is 14.7 Å². The zero-order valence-corrected chi connectivity index (χ0v) is 16.1. The second-order valence-corrected chi connectivity index (χ2v) is 8.03. The zero-order valence-electron chi connectivity index (χ0n) is 16.1. The van der Waals surface area contributed by atoms with E-state index in [2.05, 4.69) is 33.7 Å². The number of halogens is 1. The molecular formula is C21H30FN3O2. The van der Waals surface area contributed by atoms with Gasteiger partial charge in [-0.25, -0.2) is 9.07 Å². The van der Waals surface area contributed by atoms with Crippen molar-refractivity contribution in [2.45, 2.75) is 57.3 Å². The normalized spacial score (nSPS) is 23.7. The van der Waals surface area contributed by atoms with E-state index in [-0.39, 0.29) is 12.8 Å². The molecule has 1 aromatic heterocycles. The van der Waals surface area contributed by atoms with Gasteiger partial charge in [-0.2, -0.15) is 5.10 Å². The first-order valence-corrected chi connectivity index (χ1v) is 10.2. The number of likely N-dealkylation sites (tertiary alicyclic amines) is 1. The lowest BCUT2D eigenvalue weighted by molar-refractivity contribution is -0.0366. The Kier molecular flexibility index (Phi) is 5.76. The molecule has 0 spiro atoms. The highest BCUT2D eigenvalue weighted by Crippen LogP contribution is 2.34. The molecule has 1 N–H and O–H groups in total. The summed E-state index contributed by atoms with van der Waals surface area (Å²) in [6.45, 7) is 4.71. The van der Waals surface area contributed by atoms with Crippen LogP contribution in [-0.2, 0) is 4.74 Å². The first-order valence-electron chi connectivity index (χ1n) is 10.2. The summed E-state index contributed by atoms with van der Waals surface area (Å²) in [4.78, 5) is 2.13. The number of hydrogen-bond acceptors (Lipinski definition) is 4. The van der Waals surface area contributed by atoms with Crippen LogP contribution in [0.25, 0.3) is 10.9 Å². The molecule has 0 amide bonds. The smallest absolute Gasteiger partial charge is 0.150 e. The highest BCUT2D eigenvalue weighted by atomic mass is 19.1. The summed E-state index contributed by atoms with van der Waals surface area (Å²) < 4.78 is 21.5. The minimum atomic E-state index is -1.13. The van der Waals surface area contributed by atoms with E-state index in [4.69, 9.17) is 9.84 Å². The van der Waals surface area contributed by atoms with E-state index in [0.717, 1.165) is 50.9 Å². The van der Waals surface area contributed by atoms with Crippen molar-refractivity contribution in [3.8, 4) is 0 Å². The van der Waals surface area contributed by atoms with Crippen molar-refractivity contribution < 1.29 is 14.2 Å². The summed E-state index contributed by atoms with van der Waals surface area (Å²) in [5, 5.41) is 14.7. The van der Waals surface area contributed by atoms with Crippen molar-refractivity contribution in [1.82, 2.24) is 14.7 Å². The third-order valence-corrected chi connectivity index (χ3v) is 6.09. The number of ether oxygens (including phenoxy) is 1. The van der Waals surface area contributed by atoms with Gasteiger partial charge in [0.2, 0.25) is 0 Å². The molecule has 2 unspecified atom stereocenters. The lowest BCUT2D eigenvalue weighted by Crippen LogP contribution is -2.38. The molecule has 3 heterocycles. The molecule has 2 atom stereocenters. The van der Waals surface area contributed by atoms with E-state index in [1.807, 2.05) is 6.20 Å². The van der Waals surface area contributed by atoms with E-state index >= 15 is 0 Å². The average molecular weight is 375 g/mol. The minimum Gasteiger partial charge on any atom is -0.393 e. The van der Waals surface area contributed by atoms with Crippen LogP contribution in [0.15, 0.2) is 18.3 Å². The highest BCUT2D eigenvalue weighted by Gasteiger charge is 2.25. The van der Waals surface area contributed by atoms with Crippen molar-refractivity contribution in [3.63, 3.8) is 0 Å². The predicted octanol–water partition coefficient (Wildman–Crippen LogP) is 3.55. The van der Waals surface area contributed by atoms with Crippen LogP contribution in [0.2, 0.25) is 0 Å². The summed E-state index contributed by atoms with van der Waals surface area (Å²) in [5.74, 6) is 0.494. The molecule has 4 rings (SSSR count). The van der Waals surface area contributed by atoms with Gasteiger partial charge in [0.25, 0.3) is 0 Å². The van der Waals surface area contributed by atoms with Gasteiger partial charge >= 0.3 is 0 Å². The fourth-order valence-electron chi connectivity index (χ4n) is 4.57. The molecule has 2 aliphatic rings. The Labute approximate surface area is 160 Å². The molecule has 0 saturated carbocycles. The maximum Gasteiger partial charge on any atom is 0.150 e. The van der Waals surface area contributed by atoms with Crippen LogP contribution < -0.4 is 0 Å². The van der Waals surface area contributed by atoms with Gasteiger partial charge in [-0.3, -0.25) is 0 Å². The van der Waals surface area contributed by atoms with Crippen LogP contribution in [0, 0.1) is 6.92 Å². The Morgan fingerprint density at radius 1 is 1.26 bits per heavy atom. The Hall–Kier alpha value is -1.50. The van der Waals surface area contributed by atoms with Crippen LogP contribution in [0.4, 0.5) is 4.39 Å². The number of alkyl halides is 1. The van der Waals surface area contributed by atoms with E-state index in [1.54, 1.807) is 0 Å². The third-order valence-electron chi connectivity index (χ3n) is 6.09. The lowest BCUT2D eigenvalue weighted by Gasteiger charge is -2.33. The second kappa shape index (κ2) is 8.25.